The summed E-state index contributed by atoms with van der Waals surface area (Å²) < 4.78 is 11.3. The van der Waals surface area contributed by atoms with Crippen LogP contribution in [0, 0.1) is 0 Å². The fourth-order valence-corrected chi connectivity index (χ4v) is 2.65. The van der Waals surface area contributed by atoms with Crippen molar-refractivity contribution in [1.29, 1.82) is 0 Å². The SMILES string of the molecule is CO[C@@H]1Cc2c(O)cc(O)cc2O[C@H]1c1ccc(O)c(O)c1. The van der Waals surface area contributed by atoms with Crippen LogP contribution in [0.3, 0.4) is 0 Å². The van der Waals surface area contributed by atoms with Gasteiger partial charge in [0.15, 0.2) is 17.6 Å². The van der Waals surface area contributed by atoms with Crippen LogP contribution in [0.2, 0.25) is 0 Å². The van der Waals surface area contributed by atoms with Gasteiger partial charge in [-0.3, -0.25) is 0 Å². The van der Waals surface area contributed by atoms with Gasteiger partial charge in [-0.1, -0.05) is 6.07 Å². The fourth-order valence-electron chi connectivity index (χ4n) is 2.65. The van der Waals surface area contributed by atoms with Crippen molar-refractivity contribution in [2.24, 2.45) is 0 Å². The largest absolute Gasteiger partial charge is 0.508 e. The van der Waals surface area contributed by atoms with Crippen molar-refractivity contribution in [2.45, 2.75) is 18.6 Å². The molecule has 2 aromatic carbocycles. The minimum Gasteiger partial charge on any atom is -0.508 e. The Kier molecular flexibility index (Phi) is 3.46. The number of aromatic hydroxyl groups is 4. The van der Waals surface area contributed by atoms with Crippen LogP contribution in [0.1, 0.15) is 17.2 Å². The monoisotopic (exact) mass is 304 g/mol. The standard InChI is InChI=1S/C16H16O6/c1-21-15-7-10-12(19)5-9(17)6-14(10)22-16(15)8-2-3-11(18)13(20)4-8/h2-6,15-20H,7H2,1H3/t15-,16+/m1/s1. The van der Waals surface area contributed by atoms with Crippen molar-refractivity contribution >= 4 is 0 Å². The first-order valence-electron chi connectivity index (χ1n) is 6.75. The maximum Gasteiger partial charge on any atom is 0.157 e. The summed E-state index contributed by atoms with van der Waals surface area (Å²) >= 11 is 0. The zero-order chi connectivity index (χ0) is 15.9. The first-order valence-corrected chi connectivity index (χ1v) is 6.75. The van der Waals surface area contributed by atoms with Crippen LogP contribution in [0.25, 0.3) is 0 Å². The van der Waals surface area contributed by atoms with E-state index in [0.717, 1.165) is 0 Å². The number of rotatable bonds is 2. The van der Waals surface area contributed by atoms with E-state index in [2.05, 4.69) is 0 Å². The van der Waals surface area contributed by atoms with E-state index in [-0.39, 0.29) is 29.1 Å². The van der Waals surface area contributed by atoms with E-state index in [4.69, 9.17) is 9.47 Å². The van der Waals surface area contributed by atoms with Crippen molar-refractivity contribution < 1.29 is 29.9 Å². The van der Waals surface area contributed by atoms with Crippen molar-refractivity contribution in [2.75, 3.05) is 7.11 Å². The van der Waals surface area contributed by atoms with Crippen LogP contribution < -0.4 is 4.74 Å². The Morgan fingerprint density at radius 3 is 2.45 bits per heavy atom. The normalized spacial score (nSPS) is 20.2. The molecule has 6 heteroatoms. The molecule has 0 spiro atoms. The summed E-state index contributed by atoms with van der Waals surface area (Å²) in [5.41, 5.74) is 1.18. The van der Waals surface area contributed by atoms with Crippen LogP contribution in [-0.4, -0.2) is 33.6 Å². The zero-order valence-corrected chi connectivity index (χ0v) is 11.9. The van der Waals surface area contributed by atoms with Gasteiger partial charge in [0.1, 0.15) is 23.4 Å². The van der Waals surface area contributed by atoms with Gasteiger partial charge in [-0.25, -0.2) is 0 Å². The fraction of sp³-hybridized carbons (Fsp3) is 0.250. The molecule has 2 atom stereocenters. The molecule has 0 aliphatic carbocycles. The highest BCUT2D eigenvalue weighted by atomic mass is 16.5. The van der Waals surface area contributed by atoms with E-state index >= 15 is 0 Å². The summed E-state index contributed by atoms with van der Waals surface area (Å²) in [5, 5.41) is 38.6. The molecule has 1 heterocycles. The third-order valence-electron chi connectivity index (χ3n) is 3.80. The average Bonchev–Trinajstić information content (AvgIpc) is 2.48. The lowest BCUT2D eigenvalue weighted by Gasteiger charge is -2.33. The predicted octanol–water partition coefficient (Wildman–Crippen LogP) is 2.20. The van der Waals surface area contributed by atoms with Crippen molar-refractivity contribution in [3.05, 3.63) is 41.5 Å². The maximum absolute atomic E-state index is 9.92. The highest BCUT2D eigenvalue weighted by molar-refractivity contribution is 5.52. The Morgan fingerprint density at radius 2 is 1.77 bits per heavy atom. The second kappa shape index (κ2) is 5.31. The van der Waals surface area contributed by atoms with Crippen molar-refractivity contribution in [1.82, 2.24) is 0 Å². The summed E-state index contributed by atoms with van der Waals surface area (Å²) in [6.07, 6.45) is -0.526. The third-order valence-corrected chi connectivity index (χ3v) is 3.80. The lowest BCUT2D eigenvalue weighted by atomic mass is 9.93. The Balaban J connectivity index is 2.02. The Morgan fingerprint density at radius 1 is 1.00 bits per heavy atom. The molecule has 1 aliphatic heterocycles. The van der Waals surface area contributed by atoms with E-state index in [1.807, 2.05) is 0 Å². The summed E-state index contributed by atoms with van der Waals surface area (Å²) in [6, 6.07) is 7.07. The number of hydrogen-bond acceptors (Lipinski definition) is 6. The smallest absolute Gasteiger partial charge is 0.157 e. The van der Waals surface area contributed by atoms with E-state index in [0.29, 0.717) is 23.3 Å². The van der Waals surface area contributed by atoms with Gasteiger partial charge < -0.3 is 29.9 Å². The molecule has 3 rings (SSSR count). The topological polar surface area (TPSA) is 99.4 Å². The molecular weight excluding hydrogens is 288 g/mol. The molecule has 6 nitrogen and oxygen atoms in total. The van der Waals surface area contributed by atoms with Crippen LogP contribution in [0.15, 0.2) is 30.3 Å². The number of ether oxygens (including phenoxy) is 2. The first kappa shape index (κ1) is 14.3. The molecule has 0 bridgehead atoms. The molecule has 1 aliphatic rings. The summed E-state index contributed by atoms with van der Waals surface area (Å²) in [6.45, 7) is 0. The Labute approximate surface area is 126 Å². The van der Waals surface area contributed by atoms with Crippen LogP contribution in [0.5, 0.6) is 28.7 Å². The molecule has 116 valence electrons. The number of phenols is 4. The van der Waals surface area contributed by atoms with E-state index in [1.54, 1.807) is 6.07 Å². The van der Waals surface area contributed by atoms with Gasteiger partial charge in [-0.05, 0) is 17.7 Å². The van der Waals surface area contributed by atoms with Gasteiger partial charge in [0.2, 0.25) is 0 Å². The lowest BCUT2D eigenvalue weighted by molar-refractivity contribution is -0.0122. The summed E-state index contributed by atoms with van der Waals surface area (Å²) in [7, 11) is 1.53. The zero-order valence-electron chi connectivity index (χ0n) is 11.9. The Bertz CT molecular complexity index is 712. The van der Waals surface area contributed by atoms with Gasteiger partial charge in [0.25, 0.3) is 0 Å². The minimum absolute atomic E-state index is 0.0518. The molecule has 4 N–H and O–H groups in total. The van der Waals surface area contributed by atoms with Gasteiger partial charge >= 0.3 is 0 Å². The molecular formula is C16H16O6. The third kappa shape index (κ3) is 2.37. The van der Waals surface area contributed by atoms with Crippen molar-refractivity contribution in [3.8, 4) is 28.7 Å². The first-order chi connectivity index (χ1) is 10.5. The quantitative estimate of drug-likeness (QED) is 0.635. The highest BCUT2D eigenvalue weighted by Crippen LogP contribution is 2.43. The van der Waals surface area contributed by atoms with E-state index < -0.39 is 6.10 Å². The predicted molar refractivity (Wildman–Crippen MR) is 77.4 cm³/mol. The number of benzene rings is 2. The number of fused-ring (bicyclic) bond motifs is 1. The molecule has 0 saturated carbocycles. The second-order valence-corrected chi connectivity index (χ2v) is 5.21. The minimum atomic E-state index is -0.537. The van der Waals surface area contributed by atoms with Gasteiger partial charge in [-0.2, -0.15) is 0 Å². The maximum atomic E-state index is 9.92. The number of phenolic OH excluding ortho intramolecular Hbond substituents is 4. The molecule has 0 radical (unpaired) electrons. The van der Waals surface area contributed by atoms with Gasteiger partial charge in [-0.15, -0.1) is 0 Å². The Hall–Kier alpha value is -2.60. The van der Waals surface area contributed by atoms with Gasteiger partial charge in [0.05, 0.1) is 0 Å². The number of hydrogen-bond donors (Lipinski definition) is 4. The highest BCUT2D eigenvalue weighted by Gasteiger charge is 2.33. The van der Waals surface area contributed by atoms with E-state index in [9.17, 15) is 20.4 Å². The molecule has 0 saturated heterocycles. The molecule has 2 aromatic rings. The number of methoxy groups -OCH3 is 1. The van der Waals surface area contributed by atoms with E-state index in [1.165, 1.54) is 31.4 Å². The summed E-state index contributed by atoms with van der Waals surface area (Å²) in [4.78, 5) is 0. The average molecular weight is 304 g/mol. The van der Waals surface area contributed by atoms with Gasteiger partial charge in [0, 0.05) is 31.2 Å². The van der Waals surface area contributed by atoms with Crippen LogP contribution in [-0.2, 0) is 11.2 Å². The van der Waals surface area contributed by atoms with Crippen molar-refractivity contribution in [3.63, 3.8) is 0 Å². The molecule has 0 unspecified atom stereocenters. The molecule has 0 fully saturated rings. The lowest BCUT2D eigenvalue weighted by Crippen LogP contribution is -2.32. The summed E-state index contributed by atoms with van der Waals surface area (Å²) in [5.74, 6) is -0.253. The van der Waals surface area contributed by atoms with Crippen LogP contribution >= 0.6 is 0 Å². The second-order valence-electron chi connectivity index (χ2n) is 5.21. The molecule has 0 amide bonds. The van der Waals surface area contributed by atoms with Crippen LogP contribution in [0.4, 0.5) is 0 Å². The molecule has 22 heavy (non-hydrogen) atoms. The molecule has 0 aromatic heterocycles.